The minimum Gasteiger partial charge on any atom is -0.491 e. The quantitative estimate of drug-likeness (QED) is 0.875. The number of rotatable bonds is 1. The van der Waals surface area contributed by atoms with Crippen molar-refractivity contribution >= 4 is 33.0 Å². The zero-order valence-corrected chi connectivity index (χ0v) is 11.9. The Balaban J connectivity index is 2.15. The molecule has 1 aromatic carbocycles. The first-order valence-corrected chi connectivity index (χ1v) is 6.95. The number of ether oxygens (including phenoxy) is 1. The normalized spacial score (nSPS) is 14.5. The summed E-state index contributed by atoms with van der Waals surface area (Å²) in [6.45, 7) is 1.58. The van der Waals surface area contributed by atoms with Crippen LogP contribution in [0.4, 0.5) is 17.1 Å². The number of pyridine rings is 1. The molecule has 0 radical (unpaired) electrons. The van der Waals surface area contributed by atoms with Crippen LogP contribution in [0, 0.1) is 0 Å². The van der Waals surface area contributed by atoms with Crippen molar-refractivity contribution in [2.75, 3.05) is 23.8 Å². The van der Waals surface area contributed by atoms with Crippen LogP contribution in [0.5, 0.6) is 5.75 Å². The molecule has 0 spiro atoms. The van der Waals surface area contributed by atoms with Gasteiger partial charge in [-0.15, -0.1) is 0 Å². The summed E-state index contributed by atoms with van der Waals surface area (Å²) in [5.41, 5.74) is 8.74. The molecule has 1 aliphatic rings. The average molecular weight is 320 g/mol. The first kappa shape index (κ1) is 12.3. The monoisotopic (exact) mass is 319 g/mol. The van der Waals surface area contributed by atoms with Crippen molar-refractivity contribution in [2.45, 2.75) is 6.42 Å². The number of aromatic nitrogens is 1. The number of nitrogens with zero attached hydrogens (tertiary/aromatic N) is 2. The van der Waals surface area contributed by atoms with Gasteiger partial charge in [0.1, 0.15) is 5.75 Å². The van der Waals surface area contributed by atoms with Crippen LogP contribution in [-0.4, -0.2) is 18.1 Å². The fourth-order valence-electron chi connectivity index (χ4n) is 2.29. The molecule has 0 saturated carbocycles. The van der Waals surface area contributed by atoms with Gasteiger partial charge in [-0.1, -0.05) is 12.1 Å². The third-order valence-electron chi connectivity index (χ3n) is 3.11. The van der Waals surface area contributed by atoms with Crippen LogP contribution in [0.1, 0.15) is 6.42 Å². The third kappa shape index (κ3) is 2.26. The van der Waals surface area contributed by atoms with Gasteiger partial charge in [-0.3, -0.25) is 4.98 Å². The molecule has 98 valence electrons. The molecule has 0 unspecified atom stereocenters. The van der Waals surface area contributed by atoms with Crippen LogP contribution in [0.3, 0.4) is 0 Å². The van der Waals surface area contributed by atoms with Crippen molar-refractivity contribution in [2.24, 2.45) is 0 Å². The van der Waals surface area contributed by atoms with Gasteiger partial charge >= 0.3 is 0 Å². The van der Waals surface area contributed by atoms with Gasteiger partial charge in [0.05, 0.1) is 34.3 Å². The Morgan fingerprint density at radius 3 is 2.95 bits per heavy atom. The van der Waals surface area contributed by atoms with E-state index >= 15 is 0 Å². The molecule has 0 atom stereocenters. The number of nitrogen functional groups attached to an aromatic ring is 1. The van der Waals surface area contributed by atoms with Gasteiger partial charge in [0.15, 0.2) is 0 Å². The van der Waals surface area contributed by atoms with Crippen LogP contribution in [-0.2, 0) is 0 Å². The van der Waals surface area contributed by atoms with Crippen LogP contribution in [0.2, 0.25) is 0 Å². The van der Waals surface area contributed by atoms with E-state index < -0.39 is 0 Å². The zero-order valence-electron chi connectivity index (χ0n) is 10.3. The molecule has 4 nitrogen and oxygen atoms in total. The Hall–Kier alpha value is -1.75. The maximum Gasteiger partial charge on any atom is 0.142 e. The number of halogens is 1. The summed E-state index contributed by atoms with van der Waals surface area (Å²) in [6, 6.07) is 8.02. The molecule has 2 heterocycles. The highest BCUT2D eigenvalue weighted by Gasteiger charge is 2.21. The van der Waals surface area contributed by atoms with Crippen LogP contribution < -0.4 is 15.4 Å². The van der Waals surface area contributed by atoms with Gasteiger partial charge in [0.2, 0.25) is 0 Å². The largest absolute Gasteiger partial charge is 0.491 e. The second kappa shape index (κ2) is 5.09. The van der Waals surface area contributed by atoms with E-state index in [-0.39, 0.29) is 0 Å². The first-order chi connectivity index (χ1) is 9.27. The molecule has 0 saturated heterocycles. The molecule has 3 rings (SSSR count). The zero-order chi connectivity index (χ0) is 13.2. The highest BCUT2D eigenvalue weighted by Crippen LogP contribution is 2.41. The van der Waals surface area contributed by atoms with Gasteiger partial charge in [-0.05, 0) is 34.5 Å². The summed E-state index contributed by atoms with van der Waals surface area (Å²) < 4.78 is 6.66. The molecule has 0 bridgehead atoms. The summed E-state index contributed by atoms with van der Waals surface area (Å²) in [7, 11) is 0. The Morgan fingerprint density at radius 1 is 1.26 bits per heavy atom. The van der Waals surface area contributed by atoms with Gasteiger partial charge in [-0.2, -0.15) is 0 Å². The molecule has 1 aliphatic heterocycles. The summed E-state index contributed by atoms with van der Waals surface area (Å²) in [4.78, 5) is 6.27. The number of hydrogen-bond acceptors (Lipinski definition) is 4. The van der Waals surface area contributed by atoms with E-state index in [4.69, 9.17) is 10.5 Å². The van der Waals surface area contributed by atoms with Crippen molar-refractivity contribution in [3.05, 3.63) is 41.1 Å². The predicted molar refractivity (Wildman–Crippen MR) is 79.9 cm³/mol. The molecule has 0 fully saturated rings. The van der Waals surface area contributed by atoms with Crippen molar-refractivity contribution < 1.29 is 4.74 Å². The van der Waals surface area contributed by atoms with Gasteiger partial charge in [0, 0.05) is 12.7 Å². The molecule has 0 amide bonds. The number of fused-ring (bicyclic) bond motifs is 1. The van der Waals surface area contributed by atoms with Gasteiger partial charge in [-0.25, -0.2) is 0 Å². The summed E-state index contributed by atoms with van der Waals surface area (Å²) in [5, 5.41) is 0. The summed E-state index contributed by atoms with van der Waals surface area (Å²) >= 11 is 3.54. The predicted octanol–water partition coefficient (Wildman–Crippen LogP) is 3.35. The second-order valence-corrected chi connectivity index (χ2v) is 5.23. The first-order valence-electron chi connectivity index (χ1n) is 6.15. The molecule has 19 heavy (non-hydrogen) atoms. The Kier molecular flexibility index (Phi) is 3.29. The SMILES string of the molecule is Nc1cncc(Br)c1N1CCCOc2ccccc21. The average Bonchev–Trinajstić information content (AvgIpc) is 2.62. The summed E-state index contributed by atoms with van der Waals surface area (Å²) in [6.07, 6.45) is 4.39. The van der Waals surface area contributed by atoms with Crippen molar-refractivity contribution in [1.29, 1.82) is 0 Å². The van der Waals surface area contributed by atoms with E-state index in [2.05, 4.69) is 25.8 Å². The van der Waals surface area contributed by atoms with Gasteiger partial charge < -0.3 is 15.4 Å². The molecule has 1 aromatic heterocycles. The van der Waals surface area contributed by atoms with E-state index in [1.165, 1.54) is 0 Å². The Labute approximate surface area is 120 Å². The van der Waals surface area contributed by atoms with Crippen molar-refractivity contribution in [3.8, 4) is 5.75 Å². The lowest BCUT2D eigenvalue weighted by molar-refractivity contribution is 0.322. The summed E-state index contributed by atoms with van der Waals surface area (Å²) in [5.74, 6) is 0.892. The second-order valence-electron chi connectivity index (χ2n) is 4.38. The lowest BCUT2D eigenvalue weighted by Gasteiger charge is -2.26. The minimum absolute atomic E-state index is 0.658. The van der Waals surface area contributed by atoms with Crippen LogP contribution >= 0.6 is 15.9 Å². The van der Waals surface area contributed by atoms with Crippen molar-refractivity contribution in [3.63, 3.8) is 0 Å². The van der Waals surface area contributed by atoms with E-state index in [0.29, 0.717) is 5.69 Å². The number of para-hydroxylation sites is 2. The fourth-order valence-corrected chi connectivity index (χ4v) is 2.85. The lowest BCUT2D eigenvalue weighted by atomic mass is 10.2. The van der Waals surface area contributed by atoms with Crippen LogP contribution in [0.15, 0.2) is 41.1 Å². The van der Waals surface area contributed by atoms with E-state index in [9.17, 15) is 0 Å². The minimum atomic E-state index is 0.658. The number of hydrogen-bond donors (Lipinski definition) is 1. The standard InChI is InChI=1S/C14H14BrN3O/c15-10-8-17-9-11(16)14(10)18-6-3-7-19-13-5-2-1-4-12(13)18/h1-2,4-5,8-9H,3,6-7,16H2. The maximum atomic E-state index is 6.09. The molecule has 0 aliphatic carbocycles. The maximum absolute atomic E-state index is 6.09. The molecule has 5 heteroatoms. The molecule has 2 aromatic rings. The molecule has 2 N–H and O–H groups in total. The van der Waals surface area contributed by atoms with E-state index in [1.807, 2.05) is 24.3 Å². The number of benzene rings is 1. The topological polar surface area (TPSA) is 51.4 Å². The van der Waals surface area contributed by atoms with Crippen LogP contribution in [0.25, 0.3) is 0 Å². The lowest BCUT2D eigenvalue weighted by Crippen LogP contribution is -2.19. The molecular formula is C14H14BrN3O. The third-order valence-corrected chi connectivity index (χ3v) is 3.69. The van der Waals surface area contributed by atoms with E-state index in [1.54, 1.807) is 12.4 Å². The highest BCUT2D eigenvalue weighted by atomic mass is 79.9. The number of nitrogens with two attached hydrogens (primary N) is 1. The van der Waals surface area contributed by atoms with Crippen molar-refractivity contribution in [1.82, 2.24) is 4.98 Å². The molecular weight excluding hydrogens is 306 g/mol. The Bertz CT molecular complexity index is 583. The van der Waals surface area contributed by atoms with Gasteiger partial charge in [0.25, 0.3) is 0 Å². The highest BCUT2D eigenvalue weighted by molar-refractivity contribution is 9.10. The smallest absolute Gasteiger partial charge is 0.142 e. The fraction of sp³-hybridized carbons (Fsp3) is 0.214. The van der Waals surface area contributed by atoms with E-state index in [0.717, 1.165) is 41.2 Å². The Morgan fingerprint density at radius 2 is 2.11 bits per heavy atom. The number of anilines is 3.